The fourth-order valence-corrected chi connectivity index (χ4v) is 4.53. The predicted octanol–water partition coefficient (Wildman–Crippen LogP) is 2.97. The number of piperazine rings is 1. The Balaban J connectivity index is 1.28. The lowest BCUT2D eigenvalue weighted by Gasteiger charge is -2.29. The van der Waals surface area contributed by atoms with Crippen LogP contribution in [0.2, 0.25) is 0 Å². The molecule has 0 amide bonds. The van der Waals surface area contributed by atoms with Crippen LogP contribution in [0.1, 0.15) is 25.7 Å². The van der Waals surface area contributed by atoms with Crippen molar-refractivity contribution in [1.82, 2.24) is 10.3 Å². The summed E-state index contributed by atoms with van der Waals surface area (Å²) in [6.07, 6.45) is 13.3. The van der Waals surface area contributed by atoms with Gasteiger partial charge in [-0.05, 0) is 37.0 Å². The van der Waals surface area contributed by atoms with Gasteiger partial charge in [-0.25, -0.2) is 9.98 Å². The molecule has 1 unspecified atom stereocenters. The van der Waals surface area contributed by atoms with E-state index in [0.29, 0.717) is 11.8 Å². The molecule has 2 N–H and O–H groups in total. The average molecular weight is 362 g/mol. The first-order chi connectivity index (χ1) is 13.4. The molecule has 1 saturated heterocycles. The van der Waals surface area contributed by atoms with Gasteiger partial charge >= 0.3 is 0 Å². The summed E-state index contributed by atoms with van der Waals surface area (Å²) in [5.41, 5.74) is 3.51. The molecule has 27 heavy (non-hydrogen) atoms. The summed E-state index contributed by atoms with van der Waals surface area (Å²) in [5.74, 6) is 2.76. The Bertz CT molecular complexity index is 808. The van der Waals surface area contributed by atoms with Gasteiger partial charge in [0.1, 0.15) is 11.6 Å². The minimum absolute atomic E-state index is 0.367. The third-order valence-electron chi connectivity index (χ3n) is 6.00. The lowest BCUT2D eigenvalue weighted by atomic mass is 9.84. The normalized spacial score (nSPS) is 25.1. The molecule has 1 aromatic rings. The Morgan fingerprint density at radius 3 is 2.74 bits per heavy atom. The molecule has 0 spiro atoms. The molecule has 1 aromatic heterocycles. The van der Waals surface area contributed by atoms with Gasteiger partial charge in [0.25, 0.3) is 0 Å². The van der Waals surface area contributed by atoms with E-state index in [1.54, 1.807) is 0 Å². The van der Waals surface area contributed by atoms with Crippen molar-refractivity contribution in [2.45, 2.75) is 25.7 Å². The van der Waals surface area contributed by atoms with E-state index in [9.17, 15) is 0 Å². The zero-order chi connectivity index (χ0) is 18.1. The van der Waals surface area contributed by atoms with Crippen molar-refractivity contribution in [3.8, 4) is 0 Å². The number of pyridine rings is 1. The molecule has 0 aromatic carbocycles. The Hall–Kier alpha value is -2.47. The maximum atomic E-state index is 4.89. The van der Waals surface area contributed by atoms with Gasteiger partial charge in [-0.15, -0.1) is 0 Å². The Morgan fingerprint density at radius 1 is 1.11 bits per heavy atom. The number of rotatable bonds is 4. The second-order valence-corrected chi connectivity index (χ2v) is 7.74. The number of aromatic nitrogens is 1. The van der Waals surface area contributed by atoms with Crippen molar-refractivity contribution in [1.29, 1.82) is 0 Å². The third kappa shape index (κ3) is 3.41. The summed E-state index contributed by atoms with van der Waals surface area (Å²) in [7, 11) is 0. The summed E-state index contributed by atoms with van der Waals surface area (Å²) >= 11 is 0. The summed E-state index contributed by atoms with van der Waals surface area (Å²) in [6, 6.07) is 4.18. The molecule has 1 saturated carbocycles. The average Bonchev–Trinajstić information content (AvgIpc) is 3.38. The first kappa shape index (κ1) is 16.7. The number of hydrogen-bond donors (Lipinski definition) is 2. The zero-order valence-electron chi connectivity index (χ0n) is 15.6. The molecule has 2 fully saturated rings. The molecule has 0 radical (unpaired) electrons. The van der Waals surface area contributed by atoms with Crippen LogP contribution in [-0.2, 0) is 0 Å². The highest BCUT2D eigenvalue weighted by molar-refractivity contribution is 6.15. The number of fused-ring (bicyclic) bond motifs is 1. The highest BCUT2D eigenvalue weighted by Crippen LogP contribution is 2.36. The third-order valence-corrected chi connectivity index (χ3v) is 6.00. The molecule has 5 rings (SSSR count). The first-order valence-corrected chi connectivity index (χ1v) is 10.1. The SMILES string of the molecule is C1=NC=C2C=C(Nc3ccc(N4CCNCC4)cn3)N=C2C1C1CCCC1. The van der Waals surface area contributed by atoms with E-state index in [-0.39, 0.29) is 0 Å². The van der Waals surface area contributed by atoms with Crippen LogP contribution in [0.25, 0.3) is 0 Å². The summed E-state index contributed by atoms with van der Waals surface area (Å²) < 4.78 is 0. The van der Waals surface area contributed by atoms with Crippen molar-refractivity contribution in [3.63, 3.8) is 0 Å². The monoisotopic (exact) mass is 362 g/mol. The highest BCUT2D eigenvalue weighted by Gasteiger charge is 2.32. The minimum atomic E-state index is 0.367. The van der Waals surface area contributed by atoms with Crippen LogP contribution in [0.5, 0.6) is 0 Å². The molecule has 4 heterocycles. The van der Waals surface area contributed by atoms with Gasteiger partial charge in [0.05, 0.1) is 17.6 Å². The Morgan fingerprint density at radius 2 is 1.96 bits per heavy atom. The second kappa shape index (κ2) is 7.27. The van der Waals surface area contributed by atoms with Crippen molar-refractivity contribution < 1.29 is 0 Å². The largest absolute Gasteiger partial charge is 0.368 e. The van der Waals surface area contributed by atoms with E-state index in [2.05, 4.69) is 43.9 Å². The fourth-order valence-electron chi connectivity index (χ4n) is 4.53. The van der Waals surface area contributed by atoms with Crippen molar-refractivity contribution >= 4 is 23.4 Å². The van der Waals surface area contributed by atoms with E-state index >= 15 is 0 Å². The van der Waals surface area contributed by atoms with Crippen LogP contribution in [0.3, 0.4) is 0 Å². The quantitative estimate of drug-likeness (QED) is 0.864. The lowest BCUT2D eigenvalue weighted by molar-refractivity contribution is 0.515. The standard InChI is InChI=1S/C21H26N6/c1-2-4-15(3-1)18-14-23-12-16-11-20(26-21(16)18)25-19-6-5-17(13-24-19)27-9-7-22-8-10-27/h5-6,11-15,18,22H,1-4,7-10H2,(H,24,25). The minimum Gasteiger partial charge on any atom is -0.368 e. The van der Waals surface area contributed by atoms with Crippen LogP contribution < -0.4 is 15.5 Å². The molecule has 6 nitrogen and oxygen atoms in total. The van der Waals surface area contributed by atoms with Crippen LogP contribution >= 0.6 is 0 Å². The van der Waals surface area contributed by atoms with Crippen molar-refractivity contribution in [2.75, 3.05) is 36.4 Å². The van der Waals surface area contributed by atoms with Gasteiger partial charge in [-0.3, -0.25) is 4.99 Å². The van der Waals surface area contributed by atoms with Crippen LogP contribution in [0.15, 0.2) is 52.0 Å². The topological polar surface area (TPSA) is 64.9 Å². The van der Waals surface area contributed by atoms with Crippen LogP contribution in [0, 0.1) is 11.8 Å². The molecular weight excluding hydrogens is 336 g/mol. The molecule has 6 heteroatoms. The van der Waals surface area contributed by atoms with E-state index in [1.807, 2.05) is 18.5 Å². The number of aliphatic imine (C=N–C) groups is 2. The van der Waals surface area contributed by atoms with E-state index in [0.717, 1.165) is 43.4 Å². The van der Waals surface area contributed by atoms with Gasteiger partial charge in [-0.1, -0.05) is 12.8 Å². The number of nitrogens with zero attached hydrogens (tertiary/aromatic N) is 4. The van der Waals surface area contributed by atoms with Gasteiger partial charge in [-0.2, -0.15) is 0 Å². The molecule has 140 valence electrons. The molecule has 0 bridgehead atoms. The maximum Gasteiger partial charge on any atom is 0.132 e. The Labute approximate surface area is 160 Å². The highest BCUT2D eigenvalue weighted by atomic mass is 15.2. The summed E-state index contributed by atoms with van der Waals surface area (Å²) in [4.78, 5) is 16.3. The van der Waals surface area contributed by atoms with E-state index < -0.39 is 0 Å². The predicted molar refractivity (Wildman–Crippen MR) is 110 cm³/mol. The van der Waals surface area contributed by atoms with Gasteiger partial charge < -0.3 is 15.5 Å². The van der Waals surface area contributed by atoms with Gasteiger partial charge in [0, 0.05) is 50.1 Å². The molecule has 1 atom stereocenters. The number of hydrogen-bond acceptors (Lipinski definition) is 6. The smallest absolute Gasteiger partial charge is 0.132 e. The Kier molecular flexibility index (Phi) is 4.49. The lowest BCUT2D eigenvalue weighted by Crippen LogP contribution is -2.43. The number of nitrogens with one attached hydrogen (secondary N) is 2. The first-order valence-electron chi connectivity index (χ1n) is 10.1. The summed E-state index contributed by atoms with van der Waals surface area (Å²) in [6.45, 7) is 4.13. The summed E-state index contributed by atoms with van der Waals surface area (Å²) in [5, 5.41) is 6.75. The maximum absolute atomic E-state index is 4.89. The molecule has 1 aliphatic carbocycles. The van der Waals surface area contributed by atoms with Crippen LogP contribution in [-0.4, -0.2) is 43.1 Å². The molecule has 4 aliphatic rings. The van der Waals surface area contributed by atoms with Crippen LogP contribution in [0.4, 0.5) is 11.5 Å². The van der Waals surface area contributed by atoms with Gasteiger partial charge in [0.2, 0.25) is 0 Å². The number of anilines is 2. The van der Waals surface area contributed by atoms with Gasteiger partial charge in [0.15, 0.2) is 0 Å². The van der Waals surface area contributed by atoms with E-state index in [1.165, 1.54) is 37.1 Å². The number of allylic oxidation sites excluding steroid dienone is 2. The molecular formula is C21H26N6. The second-order valence-electron chi connectivity index (χ2n) is 7.74. The fraction of sp³-hybridized carbons (Fsp3) is 0.476. The van der Waals surface area contributed by atoms with Crippen molar-refractivity contribution in [2.24, 2.45) is 21.8 Å². The van der Waals surface area contributed by atoms with E-state index in [4.69, 9.17) is 4.99 Å². The molecule has 3 aliphatic heterocycles. The zero-order valence-corrected chi connectivity index (χ0v) is 15.6. The van der Waals surface area contributed by atoms with Crippen molar-refractivity contribution in [3.05, 3.63) is 42.0 Å².